The van der Waals surface area contributed by atoms with Crippen molar-refractivity contribution in [2.24, 2.45) is 0 Å². The van der Waals surface area contributed by atoms with E-state index in [1.54, 1.807) is 17.0 Å². The van der Waals surface area contributed by atoms with Gasteiger partial charge in [0, 0.05) is 30.8 Å². The molecule has 0 spiro atoms. The smallest absolute Gasteiger partial charge is 0.269 e. The van der Waals surface area contributed by atoms with Crippen LogP contribution < -0.4 is 4.90 Å². The Morgan fingerprint density at radius 2 is 2.10 bits per heavy atom. The normalized spacial score (nSPS) is 14.8. The van der Waals surface area contributed by atoms with Crippen molar-refractivity contribution in [2.75, 3.05) is 17.2 Å². The van der Waals surface area contributed by atoms with Crippen LogP contribution in [0.2, 0.25) is 0 Å². The molecule has 20 heavy (non-hydrogen) atoms. The van der Waals surface area contributed by atoms with Gasteiger partial charge in [0.05, 0.1) is 4.92 Å². The number of rotatable bonds is 5. The maximum Gasteiger partial charge on any atom is 0.269 e. The van der Waals surface area contributed by atoms with Crippen molar-refractivity contribution >= 4 is 29.9 Å². The minimum atomic E-state index is -0.391. The molecule has 5 nitrogen and oxygen atoms in total. The second-order valence-electron chi connectivity index (χ2n) is 4.90. The SMILES string of the molecule is O=C1CCCc2cc([N+](=O)[O-])ccc2N1CCCCS. The second kappa shape index (κ2) is 6.74. The van der Waals surface area contributed by atoms with Crippen LogP contribution in [0.15, 0.2) is 18.2 Å². The number of nitrogens with zero attached hydrogens (tertiary/aromatic N) is 2. The Morgan fingerprint density at radius 3 is 2.80 bits per heavy atom. The molecule has 0 fully saturated rings. The average Bonchev–Trinajstić information content (AvgIpc) is 2.58. The van der Waals surface area contributed by atoms with Crippen LogP contribution in [0.25, 0.3) is 0 Å². The van der Waals surface area contributed by atoms with Gasteiger partial charge in [-0.1, -0.05) is 0 Å². The predicted octanol–water partition coefficient (Wildman–Crippen LogP) is 2.97. The van der Waals surface area contributed by atoms with Crippen molar-refractivity contribution in [3.8, 4) is 0 Å². The number of aryl methyl sites for hydroxylation is 1. The molecule has 1 aromatic carbocycles. The summed E-state index contributed by atoms with van der Waals surface area (Å²) in [6.45, 7) is 0.657. The summed E-state index contributed by atoms with van der Waals surface area (Å²) in [6.07, 6.45) is 3.81. The van der Waals surface area contributed by atoms with Gasteiger partial charge in [0.25, 0.3) is 5.69 Å². The molecule has 1 heterocycles. The molecule has 0 unspecified atom stereocenters. The van der Waals surface area contributed by atoms with Gasteiger partial charge in [0.15, 0.2) is 0 Å². The van der Waals surface area contributed by atoms with Crippen LogP contribution in [-0.2, 0) is 11.2 Å². The van der Waals surface area contributed by atoms with E-state index in [9.17, 15) is 14.9 Å². The van der Waals surface area contributed by atoms with Gasteiger partial charge in [-0.15, -0.1) is 0 Å². The number of hydrogen-bond donors (Lipinski definition) is 1. The minimum absolute atomic E-state index is 0.0911. The van der Waals surface area contributed by atoms with Crippen molar-refractivity contribution in [3.63, 3.8) is 0 Å². The molecule has 0 radical (unpaired) electrons. The van der Waals surface area contributed by atoms with E-state index in [-0.39, 0.29) is 11.6 Å². The average molecular weight is 294 g/mol. The van der Waals surface area contributed by atoms with Crippen molar-refractivity contribution in [3.05, 3.63) is 33.9 Å². The third-order valence-corrected chi connectivity index (χ3v) is 3.81. The van der Waals surface area contributed by atoms with Gasteiger partial charge < -0.3 is 4.90 Å². The molecule has 0 atom stereocenters. The number of anilines is 1. The lowest BCUT2D eigenvalue weighted by molar-refractivity contribution is -0.384. The Labute approximate surface area is 123 Å². The van der Waals surface area contributed by atoms with Gasteiger partial charge in [0.1, 0.15) is 0 Å². The lowest BCUT2D eigenvalue weighted by Crippen LogP contribution is -2.31. The standard InChI is InChI=1S/C14H18N2O3S/c17-14-5-3-4-11-10-12(16(18)19)6-7-13(11)15(14)8-1-2-9-20/h6-7,10,20H,1-5,8-9H2. The molecule has 2 rings (SSSR count). The van der Waals surface area contributed by atoms with Gasteiger partial charge in [-0.2, -0.15) is 12.6 Å². The molecule has 1 aliphatic rings. The quantitative estimate of drug-likeness (QED) is 0.393. The molecule has 6 heteroatoms. The summed E-state index contributed by atoms with van der Waals surface area (Å²) in [6, 6.07) is 4.78. The summed E-state index contributed by atoms with van der Waals surface area (Å²) < 4.78 is 0. The first-order chi connectivity index (χ1) is 9.63. The van der Waals surface area contributed by atoms with Crippen LogP contribution in [0.5, 0.6) is 0 Å². The van der Waals surface area contributed by atoms with E-state index < -0.39 is 4.92 Å². The Morgan fingerprint density at radius 1 is 1.30 bits per heavy atom. The molecule has 0 saturated carbocycles. The zero-order valence-corrected chi connectivity index (χ0v) is 12.1. The number of carbonyl (C=O) groups is 1. The van der Waals surface area contributed by atoms with Crippen LogP contribution in [0.3, 0.4) is 0 Å². The number of nitro benzene ring substituents is 1. The second-order valence-corrected chi connectivity index (χ2v) is 5.35. The van der Waals surface area contributed by atoms with Crippen LogP contribution in [0.4, 0.5) is 11.4 Å². The highest BCUT2D eigenvalue weighted by molar-refractivity contribution is 7.80. The highest BCUT2D eigenvalue weighted by Gasteiger charge is 2.23. The molecule has 0 saturated heterocycles. The predicted molar refractivity (Wildman–Crippen MR) is 81.5 cm³/mol. The van der Waals surface area contributed by atoms with Gasteiger partial charge >= 0.3 is 0 Å². The van der Waals surface area contributed by atoms with Crippen LogP contribution >= 0.6 is 12.6 Å². The Kier molecular flexibility index (Phi) is 5.00. The van der Waals surface area contributed by atoms with Crippen molar-refractivity contribution < 1.29 is 9.72 Å². The molecule has 1 amide bonds. The summed E-state index contributed by atoms with van der Waals surface area (Å²) in [5, 5.41) is 10.8. The number of fused-ring (bicyclic) bond motifs is 1. The topological polar surface area (TPSA) is 63.4 Å². The lowest BCUT2D eigenvalue weighted by atomic mass is 10.1. The van der Waals surface area contributed by atoms with E-state index in [2.05, 4.69) is 12.6 Å². The number of thiol groups is 1. The minimum Gasteiger partial charge on any atom is -0.312 e. The number of amides is 1. The van der Waals surface area contributed by atoms with Crippen LogP contribution in [0.1, 0.15) is 31.2 Å². The largest absolute Gasteiger partial charge is 0.312 e. The van der Waals surface area contributed by atoms with Crippen molar-refractivity contribution in [1.82, 2.24) is 0 Å². The monoisotopic (exact) mass is 294 g/mol. The molecule has 1 aliphatic heterocycles. The number of non-ortho nitro benzene ring substituents is 1. The summed E-state index contributed by atoms with van der Waals surface area (Å²) >= 11 is 4.18. The van der Waals surface area contributed by atoms with E-state index in [1.807, 2.05) is 0 Å². The number of carbonyl (C=O) groups excluding carboxylic acids is 1. The van der Waals surface area contributed by atoms with Crippen molar-refractivity contribution in [2.45, 2.75) is 32.1 Å². The van der Waals surface area contributed by atoms with E-state index in [0.29, 0.717) is 19.4 Å². The van der Waals surface area contributed by atoms with E-state index in [4.69, 9.17) is 0 Å². The van der Waals surface area contributed by atoms with Crippen LogP contribution in [-0.4, -0.2) is 23.1 Å². The Balaban J connectivity index is 2.29. The van der Waals surface area contributed by atoms with Crippen molar-refractivity contribution in [1.29, 1.82) is 0 Å². The fourth-order valence-corrected chi connectivity index (χ4v) is 2.70. The summed E-state index contributed by atoms with van der Waals surface area (Å²) in [5.41, 5.74) is 1.82. The van der Waals surface area contributed by atoms with Crippen LogP contribution in [0, 0.1) is 10.1 Å². The highest BCUT2D eigenvalue weighted by Crippen LogP contribution is 2.30. The summed E-state index contributed by atoms with van der Waals surface area (Å²) in [5.74, 6) is 0.909. The Hall–Kier alpha value is -1.56. The van der Waals surface area contributed by atoms with E-state index >= 15 is 0 Å². The van der Waals surface area contributed by atoms with Gasteiger partial charge in [0.2, 0.25) is 5.91 Å². The first-order valence-corrected chi connectivity index (χ1v) is 7.45. The molecule has 1 aromatic rings. The first-order valence-electron chi connectivity index (χ1n) is 6.82. The van der Waals surface area contributed by atoms with E-state index in [1.165, 1.54) is 6.07 Å². The number of hydrogen-bond acceptors (Lipinski definition) is 4. The molecule has 0 aromatic heterocycles. The molecular formula is C14H18N2O3S. The maximum absolute atomic E-state index is 12.2. The Bertz CT molecular complexity index is 519. The molecular weight excluding hydrogens is 276 g/mol. The number of nitro groups is 1. The summed E-state index contributed by atoms with van der Waals surface area (Å²) in [7, 11) is 0. The zero-order chi connectivity index (χ0) is 14.5. The molecule has 0 aliphatic carbocycles. The highest BCUT2D eigenvalue weighted by atomic mass is 32.1. The fraction of sp³-hybridized carbons (Fsp3) is 0.500. The van der Waals surface area contributed by atoms with Gasteiger partial charge in [-0.05, 0) is 43.1 Å². The van der Waals surface area contributed by atoms with E-state index in [0.717, 1.165) is 36.3 Å². The number of unbranched alkanes of at least 4 members (excludes halogenated alkanes) is 1. The summed E-state index contributed by atoms with van der Waals surface area (Å²) in [4.78, 5) is 24.4. The molecule has 0 N–H and O–H groups in total. The van der Waals surface area contributed by atoms with Gasteiger partial charge in [-0.25, -0.2) is 0 Å². The number of benzene rings is 1. The molecule has 108 valence electrons. The lowest BCUT2D eigenvalue weighted by Gasteiger charge is -2.22. The third-order valence-electron chi connectivity index (χ3n) is 3.49. The zero-order valence-electron chi connectivity index (χ0n) is 11.2. The fourth-order valence-electron chi connectivity index (χ4n) is 2.48. The molecule has 0 bridgehead atoms. The third kappa shape index (κ3) is 3.30. The maximum atomic E-state index is 12.2. The first kappa shape index (κ1) is 14.8. The van der Waals surface area contributed by atoms with Gasteiger partial charge in [-0.3, -0.25) is 14.9 Å².